The van der Waals surface area contributed by atoms with Crippen LogP contribution in [0.15, 0.2) is 84.0 Å². The van der Waals surface area contributed by atoms with E-state index in [1.807, 2.05) is 0 Å². The molecule has 43 heavy (non-hydrogen) atoms. The summed E-state index contributed by atoms with van der Waals surface area (Å²) in [6, 6.07) is 18.0. The average molecular weight is 640 g/mol. The number of fused-ring (bicyclic) bond motifs is 1. The fraction of sp³-hybridized carbons (Fsp3) is 0.226. The van der Waals surface area contributed by atoms with Crippen molar-refractivity contribution in [1.29, 1.82) is 0 Å². The van der Waals surface area contributed by atoms with Crippen LogP contribution in [-0.4, -0.2) is 49.7 Å². The van der Waals surface area contributed by atoms with E-state index in [-0.39, 0.29) is 27.9 Å². The molecule has 0 spiro atoms. The van der Waals surface area contributed by atoms with Crippen molar-refractivity contribution < 1.29 is 27.1 Å². The van der Waals surface area contributed by atoms with Gasteiger partial charge in [-0.05, 0) is 54.6 Å². The SMILES string of the molecule is COC(=O)c1cc(-c2ccnc3c2ccn3S(=O)(=O)c2ccccc2)n(COCC[Si](C)(C)C)c1-c1ccc(F)cc1Cl. The molecule has 5 aromatic rings. The molecule has 0 saturated heterocycles. The van der Waals surface area contributed by atoms with E-state index in [0.29, 0.717) is 34.5 Å². The number of carbonyl (C=O) groups is 1. The standard InChI is InChI=1S/C31H31ClFN3O5SSi/c1-40-31(37)26-19-28(35(20-41-16-17-43(2,3)4)29(26)25-11-10-21(33)18-27(25)32)23-12-14-34-30-24(23)13-15-36(30)42(38,39)22-8-6-5-7-9-22/h5-15,18-19H,16-17,20H2,1-4H3. The second-order valence-electron chi connectivity index (χ2n) is 11.2. The Kier molecular flexibility index (Phi) is 8.62. The van der Waals surface area contributed by atoms with E-state index in [4.69, 9.17) is 21.1 Å². The number of rotatable bonds is 10. The van der Waals surface area contributed by atoms with Crippen molar-refractivity contribution in [2.45, 2.75) is 37.3 Å². The van der Waals surface area contributed by atoms with Crippen LogP contribution in [0.1, 0.15) is 10.4 Å². The van der Waals surface area contributed by atoms with E-state index in [1.54, 1.807) is 41.0 Å². The molecule has 0 bridgehead atoms. The summed E-state index contributed by atoms with van der Waals surface area (Å²) < 4.78 is 55.3. The van der Waals surface area contributed by atoms with Crippen molar-refractivity contribution in [2.75, 3.05) is 13.7 Å². The predicted octanol–water partition coefficient (Wildman–Crippen LogP) is 7.30. The van der Waals surface area contributed by atoms with Crippen LogP contribution in [0, 0.1) is 5.82 Å². The number of pyridine rings is 1. The highest BCUT2D eigenvalue weighted by Gasteiger charge is 2.27. The van der Waals surface area contributed by atoms with E-state index >= 15 is 0 Å². The van der Waals surface area contributed by atoms with Gasteiger partial charge in [0.2, 0.25) is 0 Å². The van der Waals surface area contributed by atoms with Crippen molar-refractivity contribution >= 4 is 46.7 Å². The maximum absolute atomic E-state index is 14.1. The van der Waals surface area contributed by atoms with Crippen LogP contribution in [-0.2, 0) is 26.2 Å². The molecule has 0 amide bonds. The summed E-state index contributed by atoms with van der Waals surface area (Å²) in [6.07, 6.45) is 2.97. The molecule has 3 aromatic heterocycles. The van der Waals surface area contributed by atoms with Crippen LogP contribution in [0.4, 0.5) is 4.39 Å². The van der Waals surface area contributed by atoms with Crippen molar-refractivity contribution in [1.82, 2.24) is 13.5 Å². The van der Waals surface area contributed by atoms with E-state index in [2.05, 4.69) is 24.6 Å². The molecule has 5 rings (SSSR count). The van der Waals surface area contributed by atoms with Crippen molar-refractivity contribution in [3.05, 3.63) is 95.5 Å². The van der Waals surface area contributed by atoms with Gasteiger partial charge in [0.1, 0.15) is 12.5 Å². The first-order valence-corrected chi connectivity index (χ1v) is 19.1. The second-order valence-corrected chi connectivity index (χ2v) is 19.1. The largest absolute Gasteiger partial charge is 0.465 e. The van der Waals surface area contributed by atoms with E-state index in [0.717, 1.165) is 10.0 Å². The minimum atomic E-state index is -3.94. The first-order chi connectivity index (χ1) is 20.4. The maximum atomic E-state index is 14.1. The van der Waals surface area contributed by atoms with Gasteiger partial charge in [-0.25, -0.2) is 26.6 Å². The Morgan fingerprint density at radius 1 is 1.02 bits per heavy atom. The molecule has 0 radical (unpaired) electrons. The highest BCUT2D eigenvalue weighted by molar-refractivity contribution is 7.90. The van der Waals surface area contributed by atoms with Gasteiger partial charge in [0.05, 0.1) is 34.0 Å². The van der Waals surface area contributed by atoms with E-state index in [9.17, 15) is 17.6 Å². The molecule has 12 heteroatoms. The molecule has 0 saturated carbocycles. The van der Waals surface area contributed by atoms with Gasteiger partial charge < -0.3 is 14.0 Å². The number of esters is 1. The number of benzene rings is 2. The maximum Gasteiger partial charge on any atom is 0.340 e. The average Bonchev–Trinajstić information content (AvgIpc) is 3.57. The summed E-state index contributed by atoms with van der Waals surface area (Å²) in [7, 11) is -4.06. The smallest absolute Gasteiger partial charge is 0.340 e. The summed E-state index contributed by atoms with van der Waals surface area (Å²) in [4.78, 5) is 17.6. The van der Waals surface area contributed by atoms with Crippen LogP contribution >= 0.6 is 11.6 Å². The Bertz CT molecular complexity index is 1920. The molecule has 2 aromatic carbocycles. The fourth-order valence-corrected chi connectivity index (χ4v) is 7.15. The third-order valence-electron chi connectivity index (χ3n) is 7.04. The Balaban J connectivity index is 1.73. The summed E-state index contributed by atoms with van der Waals surface area (Å²) >= 11 is 6.52. The van der Waals surface area contributed by atoms with Crippen molar-refractivity contribution in [3.8, 4) is 22.5 Å². The molecular formula is C31H31ClFN3O5SSi. The summed E-state index contributed by atoms with van der Waals surface area (Å²) in [5.74, 6) is -1.14. The molecule has 0 N–H and O–H groups in total. The molecule has 0 aliphatic heterocycles. The predicted molar refractivity (Wildman–Crippen MR) is 168 cm³/mol. The zero-order chi connectivity index (χ0) is 30.9. The molecule has 224 valence electrons. The molecular weight excluding hydrogens is 609 g/mol. The van der Waals surface area contributed by atoms with Gasteiger partial charge in [-0.15, -0.1) is 0 Å². The van der Waals surface area contributed by atoms with Gasteiger partial charge in [0.25, 0.3) is 10.0 Å². The molecule has 0 aliphatic carbocycles. The lowest BCUT2D eigenvalue weighted by atomic mass is 10.1. The van der Waals surface area contributed by atoms with Gasteiger partial charge in [-0.2, -0.15) is 0 Å². The van der Waals surface area contributed by atoms with Crippen LogP contribution in [0.3, 0.4) is 0 Å². The first-order valence-electron chi connectivity index (χ1n) is 13.5. The topological polar surface area (TPSA) is 92.4 Å². The minimum absolute atomic E-state index is 0.0483. The number of hydrogen-bond donors (Lipinski definition) is 0. The Morgan fingerprint density at radius 3 is 2.44 bits per heavy atom. The quantitative estimate of drug-likeness (QED) is 0.0904. The van der Waals surface area contributed by atoms with E-state index in [1.165, 1.54) is 49.8 Å². The fourth-order valence-electron chi connectivity index (χ4n) is 4.82. The number of aromatic nitrogens is 3. The van der Waals surface area contributed by atoms with Crippen molar-refractivity contribution in [3.63, 3.8) is 0 Å². The Labute approximate surface area is 255 Å². The number of ether oxygens (including phenoxy) is 2. The molecule has 0 unspecified atom stereocenters. The van der Waals surface area contributed by atoms with Crippen molar-refractivity contribution in [2.24, 2.45) is 0 Å². The van der Waals surface area contributed by atoms with Gasteiger partial charge in [-0.1, -0.05) is 49.4 Å². The lowest BCUT2D eigenvalue weighted by Gasteiger charge is -2.19. The van der Waals surface area contributed by atoms with E-state index < -0.39 is 29.9 Å². The van der Waals surface area contributed by atoms with Gasteiger partial charge in [-0.3, -0.25) is 0 Å². The molecule has 3 heterocycles. The van der Waals surface area contributed by atoms with Gasteiger partial charge in [0, 0.05) is 43.6 Å². The Hall–Kier alpha value is -3.77. The number of nitrogens with zero attached hydrogens (tertiary/aromatic N) is 3. The van der Waals surface area contributed by atoms with Gasteiger partial charge in [0.15, 0.2) is 5.65 Å². The van der Waals surface area contributed by atoms with Crippen LogP contribution in [0.2, 0.25) is 30.7 Å². The number of halogens is 2. The van der Waals surface area contributed by atoms with Crippen LogP contribution in [0.25, 0.3) is 33.5 Å². The number of carbonyl (C=O) groups excluding carboxylic acids is 1. The third-order valence-corrected chi connectivity index (χ3v) is 10.7. The highest BCUT2D eigenvalue weighted by atomic mass is 35.5. The summed E-state index contributed by atoms with van der Waals surface area (Å²) in [5.41, 5.74) is 2.37. The molecule has 0 aliphatic rings. The number of methoxy groups -OCH3 is 1. The summed E-state index contributed by atoms with van der Waals surface area (Å²) in [6.45, 7) is 7.29. The van der Waals surface area contributed by atoms with Crippen LogP contribution < -0.4 is 0 Å². The zero-order valence-electron chi connectivity index (χ0n) is 24.2. The summed E-state index contributed by atoms with van der Waals surface area (Å²) in [5, 5.41) is 0.647. The molecule has 8 nitrogen and oxygen atoms in total. The molecule has 0 atom stereocenters. The Morgan fingerprint density at radius 2 is 1.77 bits per heavy atom. The minimum Gasteiger partial charge on any atom is -0.465 e. The zero-order valence-corrected chi connectivity index (χ0v) is 26.7. The third kappa shape index (κ3) is 6.16. The lowest BCUT2D eigenvalue weighted by molar-refractivity contribution is 0.0600. The molecule has 0 fully saturated rings. The van der Waals surface area contributed by atoms with Gasteiger partial charge >= 0.3 is 5.97 Å². The first kappa shape index (κ1) is 30.7. The second kappa shape index (κ2) is 12.1. The lowest BCUT2D eigenvalue weighted by Crippen LogP contribution is -2.22. The number of hydrogen-bond acceptors (Lipinski definition) is 6. The monoisotopic (exact) mass is 639 g/mol. The normalized spacial score (nSPS) is 12.1. The highest BCUT2D eigenvalue weighted by Crippen LogP contribution is 2.39. The van der Waals surface area contributed by atoms with Crippen LogP contribution in [0.5, 0.6) is 0 Å².